The highest BCUT2D eigenvalue weighted by Crippen LogP contribution is 2.52. The van der Waals surface area contributed by atoms with Gasteiger partial charge in [0.2, 0.25) is 6.79 Å². The van der Waals surface area contributed by atoms with E-state index in [4.69, 9.17) is 15.2 Å². The van der Waals surface area contributed by atoms with Crippen LogP contribution in [0.5, 0.6) is 11.5 Å². The minimum Gasteiger partial charge on any atom is -0.454 e. The van der Waals surface area contributed by atoms with Gasteiger partial charge < -0.3 is 15.2 Å². The largest absolute Gasteiger partial charge is 0.454 e. The van der Waals surface area contributed by atoms with Crippen molar-refractivity contribution in [3.63, 3.8) is 0 Å². The molecule has 3 heteroatoms. The van der Waals surface area contributed by atoms with Crippen LogP contribution >= 0.6 is 0 Å². The molecule has 0 bridgehead atoms. The van der Waals surface area contributed by atoms with Crippen LogP contribution in [0.25, 0.3) is 0 Å². The number of hydrogen-bond acceptors (Lipinski definition) is 3. The Hall–Kier alpha value is -1.22. The van der Waals surface area contributed by atoms with Crippen LogP contribution < -0.4 is 15.2 Å². The molecule has 16 heavy (non-hydrogen) atoms. The number of ether oxygens (including phenoxy) is 2. The van der Waals surface area contributed by atoms with E-state index >= 15 is 0 Å². The van der Waals surface area contributed by atoms with Crippen LogP contribution in [0, 0.1) is 13.8 Å². The van der Waals surface area contributed by atoms with E-state index in [0.717, 1.165) is 18.0 Å². The highest BCUT2D eigenvalue weighted by molar-refractivity contribution is 5.57. The van der Waals surface area contributed by atoms with Gasteiger partial charge in [-0.3, -0.25) is 0 Å². The summed E-state index contributed by atoms with van der Waals surface area (Å²) in [6.45, 7) is 5.32. The fraction of sp³-hybridized carbons (Fsp3) is 0.538. The fourth-order valence-corrected chi connectivity index (χ4v) is 2.59. The van der Waals surface area contributed by atoms with Crippen LogP contribution in [0.3, 0.4) is 0 Å². The highest BCUT2D eigenvalue weighted by atomic mass is 16.7. The molecule has 0 atom stereocenters. The summed E-state index contributed by atoms with van der Waals surface area (Å²) in [6.07, 6.45) is 2.40. The summed E-state index contributed by atoms with van der Waals surface area (Å²) >= 11 is 0. The standard InChI is InChI=1S/C13H17NO2/c1-8-9(2)12-11(15-7-16-12)5-10(8)13(6-14)3-4-13/h5H,3-4,6-7,14H2,1-2H3. The summed E-state index contributed by atoms with van der Waals surface area (Å²) in [4.78, 5) is 0. The van der Waals surface area contributed by atoms with Gasteiger partial charge in [0, 0.05) is 12.0 Å². The maximum Gasteiger partial charge on any atom is 0.231 e. The second kappa shape index (κ2) is 3.14. The van der Waals surface area contributed by atoms with E-state index in [1.165, 1.54) is 29.5 Å². The summed E-state index contributed by atoms with van der Waals surface area (Å²) in [5.41, 5.74) is 9.98. The number of benzene rings is 1. The Morgan fingerprint density at radius 3 is 2.62 bits per heavy atom. The van der Waals surface area contributed by atoms with Crippen LogP contribution in [0.15, 0.2) is 6.07 Å². The zero-order valence-electron chi connectivity index (χ0n) is 9.80. The first-order valence-electron chi connectivity index (χ1n) is 5.78. The van der Waals surface area contributed by atoms with Gasteiger partial charge in [-0.05, 0) is 49.4 Å². The Kier molecular flexibility index (Phi) is 1.96. The van der Waals surface area contributed by atoms with Gasteiger partial charge in [-0.25, -0.2) is 0 Å². The Morgan fingerprint density at radius 1 is 1.25 bits per heavy atom. The van der Waals surface area contributed by atoms with E-state index in [1.54, 1.807) is 0 Å². The van der Waals surface area contributed by atoms with Crippen LogP contribution in [0.2, 0.25) is 0 Å². The molecule has 0 spiro atoms. The molecule has 2 aliphatic rings. The summed E-state index contributed by atoms with van der Waals surface area (Å²) in [5, 5.41) is 0. The third kappa shape index (κ3) is 1.18. The van der Waals surface area contributed by atoms with E-state index in [0.29, 0.717) is 6.79 Å². The van der Waals surface area contributed by atoms with E-state index < -0.39 is 0 Å². The van der Waals surface area contributed by atoms with Gasteiger partial charge >= 0.3 is 0 Å². The van der Waals surface area contributed by atoms with Crippen molar-refractivity contribution in [3.05, 3.63) is 22.8 Å². The predicted octanol–water partition coefficient (Wildman–Crippen LogP) is 2.02. The minimum absolute atomic E-state index is 0.218. The number of fused-ring (bicyclic) bond motifs is 1. The smallest absolute Gasteiger partial charge is 0.231 e. The molecule has 3 rings (SSSR count). The zero-order chi connectivity index (χ0) is 11.3. The predicted molar refractivity (Wildman–Crippen MR) is 62.0 cm³/mol. The second-order valence-corrected chi connectivity index (χ2v) is 4.89. The fourth-order valence-electron chi connectivity index (χ4n) is 2.59. The molecule has 0 amide bonds. The van der Waals surface area contributed by atoms with Gasteiger partial charge in [0.05, 0.1) is 0 Å². The van der Waals surface area contributed by atoms with Crippen LogP contribution in [0.4, 0.5) is 0 Å². The molecule has 0 unspecified atom stereocenters. The average Bonchev–Trinajstić information content (AvgIpc) is 2.95. The maximum absolute atomic E-state index is 5.89. The Labute approximate surface area is 95.5 Å². The second-order valence-electron chi connectivity index (χ2n) is 4.89. The molecule has 1 heterocycles. The molecule has 1 aliphatic carbocycles. The molecule has 1 aliphatic heterocycles. The van der Waals surface area contributed by atoms with Gasteiger partial charge in [-0.1, -0.05) is 0 Å². The van der Waals surface area contributed by atoms with E-state index in [2.05, 4.69) is 19.9 Å². The molecule has 1 saturated carbocycles. The molecular formula is C13H17NO2. The SMILES string of the molecule is Cc1c(C2(CN)CC2)cc2c(c1C)OCO2. The lowest BCUT2D eigenvalue weighted by Crippen LogP contribution is -2.21. The lowest BCUT2D eigenvalue weighted by atomic mass is 9.89. The molecule has 0 radical (unpaired) electrons. The molecule has 0 saturated heterocycles. The minimum atomic E-state index is 0.218. The van der Waals surface area contributed by atoms with Crippen molar-refractivity contribution in [1.29, 1.82) is 0 Å². The first-order valence-corrected chi connectivity index (χ1v) is 5.78. The lowest BCUT2D eigenvalue weighted by molar-refractivity contribution is 0.173. The molecule has 1 aromatic rings. The zero-order valence-corrected chi connectivity index (χ0v) is 9.80. The van der Waals surface area contributed by atoms with Gasteiger partial charge in [0.25, 0.3) is 0 Å². The summed E-state index contributed by atoms with van der Waals surface area (Å²) < 4.78 is 11.0. The monoisotopic (exact) mass is 219 g/mol. The molecular weight excluding hydrogens is 202 g/mol. The third-order valence-electron chi connectivity index (χ3n) is 4.04. The van der Waals surface area contributed by atoms with Gasteiger partial charge in [-0.15, -0.1) is 0 Å². The average molecular weight is 219 g/mol. The first-order chi connectivity index (χ1) is 7.68. The third-order valence-corrected chi connectivity index (χ3v) is 4.04. The number of nitrogens with two attached hydrogens (primary N) is 1. The number of hydrogen-bond donors (Lipinski definition) is 1. The molecule has 0 aromatic heterocycles. The molecule has 1 aromatic carbocycles. The topological polar surface area (TPSA) is 44.5 Å². The van der Waals surface area contributed by atoms with Gasteiger partial charge in [0.15, 0.2) is 11.5 Å². The Balaban J connectivity index is 2.17. The van der Waals surface area contributed by atoms with E-state index in [-0.39, 0.29) is 5.41 Å². The van der Waals surface area contributed by atoms with Crippen molar-refractivity contribution in [2.75, 3.05) is 13.3 Å². The normalized spacial score (nSPS) is 19.9. The summed E-state index contributed by atoms with van der Waals surface area (Å²) in [7, 11) is 0. The Morgan fingerprint density at radius 2 is 2.00 bits per heavy atom. The van der Waals surface area contributed by atoms with Crippen LogP contribution in [-0.2, 0) is 5.41 Å². The van der Waals surface area contributed by atoms with Crippen molar-refractivity contribution < 1.29 is 9.47 Å². The van der Waals surface area contributed by atoms with Gasteiger partial charge in [0.1, 0.15) is 0 Å². The van der Waals surface area contributed by atoms with Crippen molar-refractivity contribution in [2.24, 2.45) is 5.73 Å². The van der Waals surface area contributed by atoms with Crippen LogP contribution in [0.1, 0.15) is 29.5 Å². The highest BCUT2D eigenvalue weighted by Gasteiger charge is 2.45. The molecule has 1 fully saturated rings. The van der Waals surface area contributed by atoms with Crippen molar-refractivity contribution >= 4 is 0 Å². The Bertz CT molecular complexity index is 450. The summed E-state index contributed by atoms with van der Waals surface area (Å²) in [6, 6.07) is 2.13. The van der Waals surface area contributed by atoms with Crippen molar-refractivity contribution in [1.82, 2.24) is 0 Å². The van der Waals surface area contributed by atoms with Crippen LogP contribution in [-0.4, -0.2) is 13.3 Å². The molecule has 3 nitrogen and oxygen atoms in total. The quantitative estimate of drug-likeness (QED) is 0.827. The molecule has 86 valence electrons. The lowest BCUT2D eigenvalue weighted by Gasteiger charge is -2.18. The summed E-state index contributed by atoms with van der Waals surface area (Å²) in [5.74, 6) is 1.80. The van der Waals surface area contributed by atoms with E-state index in [1.807, 2.05) is 0 Å². The van der Waals surface area contributed by atoms with Crippen molar-refractivity contribution in [3.8, 4) is 11.5 Å². The first kappa shape index (κ1) is 9.97. The van der Waals surface area contributed by atoms with Crippen molar-refractivity contribution in [2.45, 2.75) is 32.1 Å². The van der Waals surface area contributed by atoms with Gasteiger partial charge in [-0.2, -0.15) is 0 Å². The molecule has 2 N–H and O–H groups in total. The number of rotatable bonds is 2. The van der Waals surface area contributed by atoms with E-state index in [9.17, 15) is 0 Å². The maximum atomic E-state index is 5.89.